The molecule has 0 fully saturated rings. The lowest BCUT2D eigenvalue weighted by Gasteiger charge is -2.03. The number of rotatable bonds is 3. The molecule has 1 amide bonds. The first-order chi connectivity index (χ1) is 8.15. The first kappa shape index (κ1) is 11.5. The van der Waals surface area contributed by atoms with Crippen LogP contribution in [0.2, 0.25) is 5.02 Å². The molecule has 0 saturated heterocycles. The summed E-state index contributed by atoms with van der Waals surface area (Å²) in [6.45, 7) is 0.426. The lowest BCUT2D eigenvalue weighted by molar-refractivity contribution is 0.0946. The fourth-order valence-electron chi connectivity index (χ4n) is 1.33. The SMILES string of the molecule is Nc1cc(C(=O)NCc2ccc(Cl)cc2)[nH]n1. The Hall–Kier alpha value is -2.01. The number of benzene rings is 1. The van der Waals surface area contributed by atoms with Crippen molar-refractivity contribution in [2.24, 2.45) is 0 Å². The molecule has 0 radical (unpaired) electrons. The number of nitrogens with zero attached hydrogens (tertiary/aromatic N) is 1. The first-order valence-electron chi connectivity index (χ1n) is 4.98. The molecule has 0 spiro atoms. The molecule has 4 N–H and O–H groups in total. The predicted molar refractivity (Wildman–Crippen MR) is 65.6 cm³/mol. The number of aromatic amines is 1. The summed E-state index contributed by atoms with van der Waals surface area (Å²) in [6.07, 6.45) is 0. The molecule has 2 rings (SSSR count). The molecular formula is C11H11ClN4O. The van der Waals surface area contributed by atoms with Crippen LogP contribution in [0.4, 0.5) is 5.82 Å². The van der Waals surface area contributed by atoms with Gasteiger partial charge in [-0.3, -0.25) is 9.89 Å². The summed E-state index contributed by atoms with van der Waals surface area (Å²) >= 11 is 5.76. The van der Waals surface area contributed by atoms with Crippen LogP contribution in [-0.4, -0.2) is 16.1 Å². The number of aromatic nitrogens is 2. The molecule has 0 saturated carbocycles. The molecule has 2 aromatic rings. The second-order valence-corrected chi connectivity index (χ2v) is 3.95. The predicted octanol–water partition coefficient (Wildman–Crippen LogP) is 1.58. The van der Waals surface area contributed by atoms with Crippen molar-refractivity contribution in [3.8, 4) is 0 Å². The number of carbonyl (C=O) groups is 1. The van der Waals surface area contributed by atoms with Crippen LogP contribution < -0.4 is 11.1 Å². The van der Waals surface area contributed by atoms with Gasteiger partial charge in [0, 0.05) is 17.6 Å². The molecule has 88 valence electrons. The maximum Gasteiger partial charge on any atom is 0.269 e. The van der Waals surface area contributed by atoms with E-state index in [1.165, 1.54) is 6.07 Å². The molecule has 1 aromatic carbocycles. The third-order valence-corrected chi connectivity index (χ3v) is 2.46. The minimum Gasteiger partial charge on any atom is -0.382 e. The van der Waals surface area contributed by atoms with Crippen molar-refractivity contribution in [1.29, 1.82) is 0 Å². The summed E-state index contributed by atoms with van der Waals surface area (Å²) in [5.74, 6) is 0.0470. The highest BCUT2D eigenvalue weighted by Crippen LogP contribution is 2.09. The third-order valence-electron chi connectivity index (χ3n) is 2.21. The van der Waals surface area contributed by atoms with Crippen molar-refractivity contribution in [1.82, 2.24) is 15.5 Å². The van der Waals surface area contributed by atoms with Crippen LogP contribution in [0.5, 0.6) is 0 Å². The van der Waals surface area contributed by atoms with E-state index < -0.39 is 0 Å². The number of hydrogen-bond acceptors (Lipinski definition) is 3. The van der Waals surface area contributed by atoms with E-state index in [0.29, 0.717) is 23.1 Å². The second-order valence-electron chi connectivity index (χ2n) is 3.52. The summed E-state index contributed by atoms with van der Waals surface area (Å²) in [4.78, 5) is 11.6. The molecule has 0 aliphatic rings. The second kappa shape index (κ2) is 4.88. The molecule has 0 atom stereocenters. The van der Waals surface area contributed by atoms with Gasteiger partial charge in [0.2, 0.25) is 0 Å². The highest BCUT2D eigenvalue weighted by molar-refractivity contribution is 6.30. The molecule has 5 nitrogen and oxygen atoms in total. The van der Waals surface area contributed by atoms with E-state index in [4.69, 9.17) is 17.3 Å². The average molecular weight is 251 g/mol. The van der Waals surface area contributed by atoms with Gasteiger partial charge in [0.1, 0.15) is 11.5 Å². The quantitative estimate of drug-likeness (QED) is 0.773. The molecule has 0 aliphatic heterocycles. The van der Waals surface area contributed by atoms with E-state index in [0.717, 1.165) is 5.56 Å². The number of hydrogen-bond donors (Lipinski definition) is 3. The number of nitrogens with one attached hydrogen (secondary N) is 2. The Morgan fingerprint density at radius 1 is 1.41 bits per heavy atom. The minimum atomic E-state index is -0.246. The summed E-state index contributed by atoms with van der Waals surface area (Å²) in [5.41, 5.74) is 6.72. The van der Waals surface area contributed by atoms with Crippen molar-refractivity contribution in [2.45, 2.75) is 6.54 Å². The van der Waals surface area contributed by atoms with E-state index in [9.17, 15) is 4.79 Å². The number of nitrogen functional groups attached to an aromatic ring is 1. The van der Waals surface area contributed by atoms with Gasteiger partial charge in [0.15, 0.2) is 0 Å². The highest BCUT2D eigenvalue weighted by Gasteiger charge is 2.07. The lowest BCUT2D eigenvalue weighted by Crippen LogP contribution is -2.23. The van der Waals surface area contributed by atoms with Crippen LogP contribution in [-0.2, 0) is 6.54 Å². The Morgan fingerprint density at radius 3 is 2.71 bits per heavy atom. The maximum atomic E-state index is 11.6. The van der Waals surface area contributed by atoms with E-state index in [1.807, 2.05) is 12.1 Å². The Kier molecular flexibility index (Phi) is 3.30. The number of carbonyl (C=O) groups excluding carboxylic acids is 1. The van der Waals surface area contributed by atoms with E-state index in [1.54, 1.807) is 12.1 Å². The van der Waals surface area contributed by atoms with Gasteiger partial charge in [-0.05, 0) is 17.7 Å². The molecule has 1 aromatic heterocycles. The molecule has 17 heavy (non-hydrogen) atoms. The van der Waals surface area contributed by atoms with Gasteiger partial charge in [-0.1, -0.05) is 23.7 Å². The Bertz CT molecular complexity index is 521. The van der Waals surface area contributed by atoms with Crippen LogP contribution in [0.3, 0.4) is 0 Å². The molecule has 0 unspecified atom stereocenters. The van der Waals surface area contributed by atoms with Gasteiger partial charge in [-0.15, -0.1) is 0 Å². The monoisotopic (exact) mass is 250 g/mol. The zero-order chi connectivity index (χ0) is 12.3. The van der Waals surface area contributed by atoms with Crippen LogP contribution in [0.1, 0.15) is 16.1 Å². The van der Waals surface area contributed by atoms with Gasteiger partial charge in [-0.25, -0.2) is 0 Å². The van der Waals surface area contributed by atoms with Gasteiger partial charge >= 0.3 is 0 Å². The molecule has 0 bridgehead atoms. The summed E-state index contributed by atoms with van der Waals surface area (Å²) < 4.78 is 0. The number of H-pyrrole nitrogens is 1. The summed E-state index contributed by atoms with van der Waals surface area (Å²) in [7, 11) is 0. The van der Waals surface area contributed by atoms with Crippen molar-refractivity contribution >= 4 is 23.3 Å². The van der Waals surface area contributed by atoms with Crippen LogP contribution in [0.15, 0.2) is 30.3 Å². The van der Waals surface area contributed by atoms with Gasteiger partial charge in [0.05, 0.1) is 0 Å². The van der Waals surface area contributed by atoms with E-state index in [2.05, 4.69) is 15.5 Å². The smallest absolute Gasteiger partial charge is 0.269 e. The van der Waals surface area contributed by atoms with Crippen LogP contribution >= 0.6 is 11.6 Å². The van der Waals surface area contributed by atoms with Crippen LogP contribution in [0.25, 0.3) is 0 Å². The Balaban J connectivity index is 1.94. The fraction of sp³-hybridized carbons (Fsp3) is 0.0909. The highest BCUT2D eigenvalue weighted by atomic mass is 35.5. The van der Waals surface area contributed by atoms with Crippen molar-refractivity contribution in [3.05, 3.63) is 46.6 Å². The molecule has 0 aliphatic carbocycles. The number of anilines is 1. The largest absolute Gasteiger partial charge is 0.382 e. The topological polar surface area (TPSA) is 83.8 Å². The Labute approximate surface area is 103 Å². The van der Waals surface area contributed by atoms with Gasteiger partial charge in [0.25, 0.3) is 5.91 Å². The minimum absolute atomic E-state index is 0.246. The van der Waals surface area contributed by atoms with Crippen molar-refractivity contribution in [2.75, 3.05) is 5.73 Å². The van der Waals surface area contributed by atoms with E-state index >= 15 is 0 Å². The third kappa shape index (κ3) is 2.98. The maximum absolute atomic E-state index is 11.6. The van der Waals surface area contributed by atoms with Gasteiger partial charge in [-0.2, -0.15) is 5.10 Å². The molecular weight excluding hydrogens is 240 g/mol. The zero-order valence-electron chi connectivity index (χ0n) is 8.90. The van der Waals surface area contributed by atoms with Crippen molar-refractivity contribution < 1.29 is 4.79 Å². The lowest BCUT2D eigenvalue weighted by atomic mass is 10.2. The number of amides is 1. The summed E-state index contributed by atoms with van der Waals surface area (Å²) in [6, 6.07) is 8.74. The average Bonchev–Trinajstić information content (AvgIpc) is 2.75. The first-order valence-corrected chi connectivity index (χ1v) is 5.36. The normalized spacial score (nSPS) is 10.2. The summed E-state index contributed by atoms with van der Waals surface area (Å²) in [5, 5.41) is 9.63. The van der Waals surface area contributed by atoms with Crippen LogP contribution in [0, 0.1) is 0 Å². The Morgan fingerprint density at radius 2 is 2.12 bits per heavy atom. The van der Waals surface area contributed by atoms with Crippen molar-refractivity contribution in [3.63, 3.8) is 0 Å². The fourth-order valence-corrected chi connectivity index (χ4v) is 1.46. The standard InChI is InChI=1S/C11H11ClN4O/c12-8-3-1-7(2-4-8)6-14-11(17)9-5-10(13)16-15-9/h1-5H,6H2,(H,14,17)(H3,13,15,16). The number of halogens is 1. The van der Waals surface area contributed by atoms with Gasteiger partial charge < -0.3 is 11.1 Å². The molecule has 1 heterocycles. The zero-order valence-corrected chi connectivity index (χ0v) is 9.66. The molecule has 6 heteroatoms. The van der Waals surface area contributed by atoms with E-state index in [-0.39, 0.29) is 5.91 Å². The number of nitrogens with two attached hydrogens (primary N) is 1.